The number of nitrogens with zero attached hydrogens (tertiary/aromatic N) is 1. The second kappa shape index (κ2) is 11.0. The quantitative estimate of drug-likeness (QED) is 0.667. The Morgan fingerprint density at radius 1 is 1.00 bits per heavy atom. The predicted octanol–water partition coefficient (Wildman–Crippen LogP) is 4.37. The van der Waals surface area contributed by atoms with Crippen molar-refractivity contribution in [2.75, 3.05) is 26.7 Å². The van der Waals surface area contributed by atoms with Gasteiger partial charge >= 0.3 is 0 Å². The van der Waals surface area contributed by atoms with Crippen LogP contribution in [0.4, 0.5) is 0 Å². The number of likely N-dealkylation sites (tertiary alicyclic amines) is 1. The van der Waals surface area contributed by atoms with Crippen LogP contribution in [-0.2, 0) is 11.2 Å². The zero-order valence-corrected chi connectivity index (χ0v) is 18.4. The molecule has 0 aromatic heterocycles. The zero-order valence-electron chi connectivity index (χ0n) is 18.4. The van der Waals surface area contributed by atoms with Gasteiger partial charge in [0.15, 0.2) is 6.10 Å². The third-order valence-corrected chi connectivity index (χ3v) is 5.82. The maximum Gasteiger partial charge on any atom is 0.260 e. The van der Waals surface area contributed by atoms with Gasteiger partial charge in [-0.1, -0.05) is 37.6 Å². The zero-order chi connectivity index (χ0) is 21.3. The number of amides is 1. The van der Waals surface area contributed by atoms with E-state index in [0.717, 1.165) is 31.0 Å². The van der Waals surface area contributed by atoms with Crippen molar-refractivity contribution in [2.24, 2.45) is 0 Å². The maximum atomic E-state index is 12.7. The Morgan fingerprint density at radius 2 is 1.63 bits per heavy atom. The molecule has 0 spiro atoms. The van der Waals surface area contributed by atoms with Crippen molar-refractivity contribution in [3.05, 3.63) is 59.7 Å². The molecule has 0 radical (unpaired) electrons. The fourth-order valence-electron chi connectivity index (χ4n) is 3.92. The molecule has 1 N–H and O–H groups in total. The fraction of sp³-hybridized carbons (Fsp3) is 0.480. The Labute approximate surface area is 180 Å². The number of hydrogen-bond acceptors (Lipinski definition) is 4. The molecule has 30 heavy (non-hydrogen) atoms. The van der Waals surface area contributed by atoms with Crippen LogP contribution in [0.5, 0.6) is 11.5 Å². The molecule has 0 saturated carbocycles. The van der Waals surface area contributed by atoms with Gasteiger partial charge in [-0.05, 0) is 74.7 Å². The minimum absolute atomic E-state index is 0.0925. The molecule has 2 aromatic carbocycles. The van der Waals surface area contributed by atoms with E-state index >= 15 is 0 Å². The maximum absolute atomic E-state index is 12.7. The topological polar surface area (TPSA) is 50.8 Å². The van der Waals surface area contributed by atoms with Gasteiger partial charge in [0.1, 0.15) is 11.5 Å². The summed E-state index contributed by atoms with van der Waals surface area (Å²) in [6.07, 6.45) is 4.12. The van der Waals surface area contributed by atoms with Crippen molar-refractivity contribution in [3.8, 4) is 11.5 Å². The minimum Gasteiger partial charge on any atom is -0.497 e. The summed E-state index contributed by atoms with van der Waals surface area (Å²) < 4.78 is 11.1. The number of hydrogen-bond donors (Lipinski definition) is 1. The molecule has 2 atom stereocenters. The van der Waals surface area contributed by atoms with E-state index in [2.05, 4.69) is 29.3 Å². The molecular weight excluding hydrogens is 376 g/mol. The third-order valence-electron chi connectivity index (χ3n) is 5.82. The van der Waals surface area contributed by atoms with E-state index in [1.165, 1.54) is 30.4 Å². The van der Waals surface area contributed by atoms with Crippen LogP contribution in [0.3, 0.4) is 0 Å². The molecule has 5 nitrogen and oxygen atoms in total. The first-order valence-electron chi connectivity index (χ1n) is 11.0. The average Bonchev–Trinajstić information content (AvgIpc) is 2.80. The van der Waals surface area contributed by atoms with E-state index < -0.39 is 6.10 Å². The summed E-state index contributed by atoms with van der Waals surface area (Å²) in [6, 6.07) is 16.2. The van der Waals surface area contributed by atoms with Gasteiger partial charge in [0.05, 0.1) is 13.2 Å². The summed E-state index contributed by atoms with van der Waals surface area (Å²) >= 11 is 0. The lowest BCUT2D eigenvalue weighted by Crippen LogP contribution is -2.43. The van der Waals surface area contributed by atoms with Gasteiger partial charge in [-0.25, -0.2) is 0 Å². The number of nitrogens with one attached hydrogen (secondary N) is 1. The SMILES string of the molecule is CCc1ccc(OC(C)C(=O)NCC(c2ccc(OC)cc2)N2CCCCC2)cc1. The number of piperidine rings is 1. The molecule has 1 heterocycles. The van der Waals surface area contributed by atoms with Crippen molar-refractivity contribution in [1.29, 1.82) is 0 Å². The molecule has 2 aromatic rings. The molecule has 2 unspecified atom stereocenters. The van der Waals surface area contributed by atoms with Crippen LogP contribution >= 0.6 is 0 Å². The van der Waals surface area contributed by atoms with Crippen LogP contribution in [0.25, 0.3) is 0 Å². The Morgan fingerprint density at radius 3 is 2.23 bits per heavy atom. The van der Waals surface area contributed by atoms with Crippen molar-refractivity contribution in [2.45, 2.75) is 51.7 Å². The molecule has 1 aliphatic rings. The molecule has 1 fully saturated rings. The van der Waals surface area contributed by atoms with E-state index in [9.17, 15) is 4.79 Å². The Hall–Kier alpha value is -2.53. The lowest BCUT2D eigenvalue weighted by Gasteiger charge is -2.35. The van der Waals surface area contributed by atoms with Gasteiger partial charge in [-0.3, -0.25) is 9.69 Å². The van der Waals surface area contributed by atoms with E-state index in [1.807, 2.05) is 36.4 Å². The largest absolute Gasteiger partial charge is 0.497 e. The first-order chi connectivity index (χ1) is 14.6. The number of aryl methyl sites for hydroxylation is 1. The van der Waals surface area contributed by atoms with E-state index in [4.69, 9.17) is 9.47 Å². The van der Waals surface area contributed by atoms with E-state index in [1.54, 1.807) is 14.0 Å². The number of benzene rings is 2. The second-order valence-electron chi connectivity index (χ2n) is 7.89. The smallest absolute Gasteiger partial charge is 0.260 e. The van der Waals surface area contributed by atoms with Crippen molar-refractivity contribution < 1.29 is 14.3 Å². The summed E-state index contributed by atoms with van der Waals surface area (Å²) in [6.45, 7) is 6.60. The number of ether oxygens (including phenoxy) is 2. The van der Waals surface area contributed by atoms with Crippen LogP contribution in [0.1, 0.15) is 50.3 Å². The van der Waals surface area contributed by atoms with Gasteiger partial charge in [-0.15, -0.1) is 0 Å². The van der Waals surface area contributed by atoms with Crippen LogP contribution in [0.15, 0.2) is 48.5 Å². The van der Waals surface area contributed by atoms with Gasteiger partial charge in [0.2, 0.25) is 0 Å². The van der Waals surface area contributed by atoms with Crippen molar-refractivity contribution in [1.82, 2.24) is 10.2 Å². The average molecular weight is 411 g/mol. The van der Waals surface area contributed by atoms with Crippen molar-refractivity contribution in [3.63, 3.8) is 0 Å². The lowest BCUT2D eigenvalue weighted by molar-refractivity contribution is -0.127. The Kier molecular flexibility index (Phi) is 8.14. The van der Waals surface area contributed by atoms with Gasteiger partial charge in [-0.2, -0.15) is 0 Å². The first kappa shape index (κ1) is 22.2. The standard InChI is InChI=1S/C25H34N2O3/c1-4-20-8-12-23(13-9-20)30-19(2)25(28)26-18-24(27-16-6-5-7-17-27)21-10-14-22(29-3)15-11-21/h8-15,19,24H,4-7,16-18H2,1-3H3,(H,26,28). The highest BCUT2D eigenvalue weighted by Gasteiger charge is 2.24. The third kappa shape index (κ3) is 5.99. The van der Waals surface area contributed by atoms with Crippen LogP contribution in [-0.4, -0.2) is 43.7 Å². The highest BCUT2D eigenvalue weighted by molar-refractivity contribution is 5.80. The van der Waals surface area contributed by atoms with Gasteiger partial charge < -0.3 is 14.8 Å². The normalized spacial score (nSPS) is 16.5. The molecule has 0 aliphatic carbocycles. The second-order valence-corrected chi connectivity index (χ2v) is 7.89. The summed E-state index contributed by atoms with van der Waals surface area (Å²) in [5, 5.41) is 3.11. The van der Waals surface area contributed by atoms with E-state index in [0.29, 0.717) is 6.54 Å². The van der Waals surface area contributed by atoms with Gasteiger partial charge in [0.25, 0.3) is 5.91 Å². The molecule has 0 bridgehead atoms. The lowest BCUT2D eigenvalue weighted by atomic mass is 10.0. The molecule has 1 amide bonds. The molecule has 1 saturated heterocycles. The first-order valence-corrected chi connectivity index (χ1v) is 11.0. The van der Waals surface area contributed by atoms with E-state index in [-0.39, 0.29) is 11.9 Å². The highest BCUT2D eigenvalue weighted by atomic mass is 16.5. The van der Waals surface area contributed by atoms with Crippen LogP contribution < -0.4 is 14.8 Å². The van der Waals surface area contributed by atoms with Gasteiger partial charge in [0, 0.05) is 6.54 Å². The van der Waals surface area contributed by atoms with Crippen LogP contribution in [0, 0.1) is 0 Å². The molecule has 1 aliphatic heterocycles. The Bertz CT molecular complexity index is 783. The Balaban J connectivity index is 1.62. The molecular formula is C25H34N2O3. The predicted molar refractivity (Wildman–Crippen MR) is 120 cm³/mol. The molecule has 5 heteroatoms. The summed E-state index contributed by atoms with van der Waals surface area (Å²) in [7, 11) is 1.68. The minimum atomic E-state index is -0.546. The van der Waals surface area contributed by atoms with Crippen molar-refractivity contribution >= 4 is 5.91 Å². The number of methoxy groups -OCH3 is 1. The number of carbonyl (C=O) groups is 1. The number of rotatable bonds is 9. The molecule has 162 valence electrons. The molecule has 3 rings (SSSR count). The summed E-state index contributed by atoms with van der Waals surface area (Å²) in [4.78, 5) is 15.2. The summed E-state index contributed by atoms with van der Waals surface area (Å²) in [5.74, 6) is 1.47. The monoisotopic (exact) mass is 410 g/mol. The number of carbonyl (C=O) groups excluding carboxylic acids is 1. The highest BCUT2D eigenvalue weighted by Crippen LogP contribution is 2.26. The van der Waals surface area contributed by atoms with Crippen LogP contribution in [0.2, 0.25) is 0 Å². The summed E-state index contributed by atoms with van der Waals surface area (Å²) in [5.41, 5.74) is 2.45. The fourth-order valence-corrected chi connectivity index (χ4v) is 3.92.